The van der Waals surface area contributed by atoms with E-state index < -0.39 is 31.1 Å². The van der Waals surface area contributed by atoms with Crippen molar-refractivity contribution in [3.63, 3.8) is 0 Å². The molecule has 1 spiro atoms. The van der Waals surface area contributed by atoms with Crippen LogP contribution in [-0.4, -0.2) is 72.8 Å². The lowest BCUT2D eigenvalue weighted by Crippen LogP contribution is -2.57. The maximum absolute atomic E-state index is 14.2. The number of hydrogen-bond donors (Lipinski definition) is 3. The number of ether oxygens (including phenoxy) is 1. The minimum atomic E-state index is -1.26. The van der Waals surface area contributed by atoms with Crippen LogP contribution < -0.4 is 4.90 Å². The molecule has 1 aromatic carbocycles. The lowest BCUT2D eigenvalue weighted by Gasteiger charge is -2.49. The van der Waals surface area contributed by atoms with E-state index >= 15 is 0 Å². The fourth-order valence-corrected chi connectivity index (χ4v) is 5.50. The summed E-state index contributed by atoms with van der Waals surface area (Å²) in [6.07, 6.45) is -1.43. The van der Waals surface area contributed by atoms with E-state index in [4.69, 9.17) is 16.3 Å². The Bertz CT molecular complexity index is 1220. The number of aliphatic hydroxyl groups excluding tert-OH is 3. The molecular formula is C21H21ClFN5O4. The lowest BCUT2D eigenvalue weighted by molar-refractivity contribution is -0.0511. The Morgan fingerprint density at radius 1 is 1.19 bits per heavy atom. The van der Waals surface area contributed by atoms with E-state index in [1.165, 1.54) is 17.0 Å². The van der Waals surface area contributed by atoms with Gasteiger partial charge in [-0.2, -0.15) is 9.97 Å². The largest absolute Gasteiger partial charge is 0.394 e. The van der Waals surface area contributed by atoms with Crippen molar-refractivity contribution in [1.82, 2.24) is 19.5 Å². The third-order valence-electron chi connectivity index (χ3n) is 6.85. The van der Waals surface area contributed by atoms with Gasteiger partial charge in [-0.3, -0.25) is 4.57 Å². The van der Waals surface area contributed by atoms with Crippen LogP contribution in [0.2, 0.25) is 5.28 Å². The quantitative estimate of drug-likeness (QED) is 0.491. The average Bonchev–Trinajstić information content (AvgIpc) is 3.42. The summed E-state index contributed by atoms with van der Waals surface area (Å²) < 4.78 is 21.3. The minimum Gasteiger partial charge on any atom is -0.394 e. The van der Waals surface area contributed by atoms with E-state index in [1.807, 2.05) is 11.0 Å². The Morgan fingerprint density at radius 3 is 2.72 bits per heavy atom. The average molecular weight is 462 g/mol. The molecule has 3 aliphatic rings. The highest BCUT2D eigenvalue weighted by Crippen LogP contribution is 2.47. The first-order valence-corrected chi connectivity index (χ1v) is 10.8. The number of imidazole rings is 1. The van der Waals surface area contributed by atoms with Crippen molar-refractivity contribution in [2.45, 2.75) is 37.4 Å². The van der Waals surface area contributed by atoms with E-state index in [1.54, 1.807) is 6.07 Å². The van der Waals surface area contributed by atoms with Crippen molar-refractivity contribution in [2.24, 2.45) is 5.41 Å². The molecule has 0 amide bonds. The van der Waals surface area contributed by atoms with Gasteiger partial charge in [0.2, 0.25) is 5.28 Å². The van der Waals surface area contributed by atoms with Gasteiger partial charge in [0.25, 0.3) is 0 Å². The number of rotatable bonds is 3. The molecule has 11 heteroatoms. The predicted molar refractivity (Wildman–Crippen MR) is 112 cm³/mol. The van der Waals surface area contributed by atoms with Crippen LogP contribution in [0.4, 0.5) is 10.2 Å². The van der Waals surface area contributed by atoms with Crippen molar-refractivity contribution in [3.05, 3.63) is 46.8 Å². The van der Waals surface area contributed by atoms with Gasteiger partial charge in [0.15, 0.2) is 23.2 Å². The van der Waals surface area contributed by atoms with E-state index in [0.717, 1.165) is 17.5 Å². The predicted octanol–water partition coefficient (Wildman–Crippen LogP) is 0.835. The van der Waals surface area contributed by atoms with Gasteiger partial charge in [0, 0.05) is 18.5 Å². The van der Waals surface area contributed by atoms with Gasteiger partial charge < -0.3 is 25.0 Å². The maximum atomic E-state index is 14.2. The van der Waals surface area contributed by atoms with Gasteiger partial charge in [0.05, 0.1) is 12.9 Å². The molecule has 2 aromatic heterocycles. The third-order valence-corrected chi connectivity index (χ3v) is 7.02. The Labute approximate surface area is 187 Å². The molecule has 32 heavy (non-hydrogen) atoms. The van der Waals surface area contributed by atoms with Crippen LogP contribution in [0.1, 0.15) is 17.4 Å². The fraction of sp³-hybridized carbons (Fsp3) is 0.476. The molecule has 2 saturated heterocycles. The van der Waals surface area contributed by atoms with Crippen molar-refractivity contribution < 1.29 is 24.4 Å². The third kappa shape index (κ3) is 2.87. The molecule has 4 heterocycles. The Morgan fingerprint density at radius 2 is 2.00 bits per heavy atom. The van der Waals surface area contributed by atoms with Crippen LogP contribution in [0.5, 0.6) is 0 Å². The Kier molecular flexibility index (Phi) is 4.47. The summed E-state index contributed by atoms with van der Waals surface area (Å²) in [7, 11) is 0. The summed E-state index contributed by atoms with van der Waals surface area (Å²) >= 11 is 6.22. The maximum Gasteiger partial charge on any atom is 0.226 e. The number of anilines is 1. The second-order valence-corrected chi connectivity index (χ2v) is 9.29. The zero-order chi connectivity index (χ0) is 22.2. The molecule has 2 fully saturated rings. The normalized spacial score (nSPS) is 28.5. The molecule has 1 aliphatic carbocycles. The van der Waals surface area contributed by atoms with Crippen LogP contribution in [0.15, 0.2) is 24.5 Å². The van der Waals surface area contributed by atoms with Crippen LogP contribution in [0.3, 0.4) is 0 Å². The molecule has 3 N–H and O–H groups in total. The zero-order valence-electron chi connectivity index (χ0n) is 16.9. The second kappa shape index (κ2) is 7.06. The number of fused-ring (bicyclic) bond motifs is 2. The summed E-state index contributed by atoms with van der Waals surface area (Å²) in [6.45, 7) is 0.940. The highest BCUT2D eigenvalue weighted by Gasteiger charge is 2.49. The first kappa shape index (κ1) is 20.3. The summed E-state index contributed by atoms with van der Waals surface area (Å²) in [5, 5.41) is 29.9. The van der Waals surface area contributed by atoms with Crippen LogP contribution >= 0.6 is 11.6 Å². The smallest absolute Gasteiger partial charge is 0.226 e. The van der Waals surface area contributed by atoms with Crippen molar-refractivity contribution >= 4 is 28.6 Å². The Hall–Kier alpha value is -2.37. The standard InChI is InChI=1S/C21H21ClFN5O4/c22-20-25-17(27-7-21(8-27)4-10-2-1-3-12(23)11(10)5-21)14-18(26-20)28(9-24-14)19-16(31)15(30)13(6-29)32-19/h1-3,9,13,15-16,19,29-31H,4-8H2/t13-,15-,16-,19-/m1/s1. The highest BCUT2D eigenvalue weighted by atomic mass is 35.5. The van der Waals surface area contributed by atoms with Crippen molar-refractivity contribution in [1.29, 1.82) is 0 Å². The number of halogens is 2. The molecule has 168 valence electrons. The number of aromatic nitrogens is 4. The monoisotopic (exact) mass is 461 g/mol. The Balaban J connectivity index is 1.30. The first-order chi connectivity index (χ1) is 15.4. The number of aliphatic hydroxyl groups is 3. The number of hydrogen-bond acceptors (Lipinski definition) is 8. The van der Waals surface area contributed by atoms with E-state index in [2.05, 4.69) is 15.0 Å². The van der Waals surface area contributed by atoms with Gasteiger partial charge >= 0.3 is 0 Å². The summed E-state index contributed by atoms with van der Waals surface area (Å²) in [4.78, 5) is 15.1. The van der Waals surface area contributed by atoms with Crippen molar-refractivity contribution in [2.75, 3.05) is 24.6 Å². The summed E-state index contributed by atoms with van der Waals surface area (Å²) in [5.74, 6) is 0.412. The first-order valence-electron chi connectivity index (χ1n) is 10.4. The molecule has 0 bridgehead atoms. The molecule has 9 nitrogen and oxygen atoms in total. The molecule has 4 atom stereocenters. The number of benzene rings is 1. The van der Waals surface area contributed by atoms with Crippen LogP contribution in [0, 0.1) is 11.2 Å². The molecule has 0 radical (unpaired) electrons. The SMILES string of the molecule is OC[C@H]1O[C@@H](n2cnc3c(N4CC5(Cc6cccc(F)c6C5)C4)nc(Cl)nc32)[C@H](O)[C@@H]1O. The fourth-order valence-electron chi connectivity index (χ4n) is 5.34. The van der Waals surface area contributed by atoms with Gasteiger partial charge in [-0.25, -0.2) is 9.37 Å². The topological polar surface area (TPSA) is 117 Å². The minimum absolute atomic E-state index is 0.0164. The summed E-state index contributed by atoms with van der Waals surface area (Å²) in [5.41, 5.74) is 2.66. The molecule has 2 aliphatic heterocycles. The van der Waals surface area contributed by atoms with Gasteiger partial charge in [-0.1, -0.05) is 12.1 Å². The second-order valence-electron chi connectivity index (χ2n) is 8.96. The zero-order valence-corrected chi connectivity index (χ0v) is 17.7. The van der Waals surface area contributed by atoms with Crippen LogP contribution in [-0.2, 0) is 17.6 Å². The lowest BCUT2D eigenvalue weighted by atomic mass is 9.77. The van der Waals surface area contributed by atoms with E-state index in [-0.39, 0.29) is 16.5 Å². The van der Waals surface area contributed by atoms with E-state index in [9.17, 15) is 19.7 Å². The number of nitrogens with zero attached hydrogens (tertiary/aromatic N) is 5. The molecule has 0 saturated carbocycles. The van der Waals surface area contributed by atoms with E-state index in [0.29, 0.717) is 36.5 Å². The van der Waals surface area contributed by atoms with Crippen molar-refractivity contribution in [3.8, 4) is 0 Å². The van der Waals surface area contributed by atoms with Crippen LogP contribution in [0.25, 0.3) is 11.2 Å². The summed E-state index contributed by atoms with van der Waals surface area (Å²) in [6, 6.07) is 5.24. The van der Waals surface area contributed by atoms with Gasteiger partial charge in [-0.05, 0) is 41.6 Å². The van der Waals surface area contributed by atoms with Gasteiger partial charge in [-0.15, -0.1) is 0 Å². The molecule has 6 rings (SSSR count). The van der Waals surface area contributed by atoms with Gasteiger partial charge in [0.1, 0.15) is 24.1 Å². The molecule has 0 unspecified atom stereocenters. The molecular weight excluding hydrogens is 441 g/mol. The molecule has 3 aromatic rings. The highest BCUT2D eigenvalue weighted by molar-refractivity contribution is 6.28.